The smallest absolute Gasteiger partial charge is 0.246 e. The van der Waals surface area contributed by atoms with Gasteiger partial charge in [0.25, 0.3) is 0 Å². The molecule has 24 heavy (non-hydrogen) atoms. The van der Waals surface area contributed by atoms with Crippen molar-refractivity contribution >= 4 is 27.5 Å². The summed E-state index contributed by atoms with van der Waals surface area (Å²) in [7, 11) is -2.28. The summed E-state index contributed by atoms with van der Waals surface area (Å²) in [6.45, 7) is 5.05. The second-order valence-corrected chi connectivity index (χ2v) is 8.13. The molecule has 0 atom stereocenters. The van der Waals surface area contributed by atoms with Crippen molar-refractivity contribution in [2.45, 2.75) is 31.6 Å². The normalized spacial score (nSPS) is 16.2. The molecule has 134 valence electrons. The molecule has 0 aliphatic carbocycles. The predicted octanol–water partition coefficient (Wildman–Crippen LogP) is 2.29. The Morgan fingerprint density at radius 1 is 1.25 bits per heavy atom. The molecule has 0 unspecified atom stereocenters. The van der Waals surface area contributed by atoms with Gasteiger partial charge in [-0.05, 0) is 31.0 Å². The average Bonchev–Trinajstić information content (AvgIpc) is 2.54. The van der Waals surface area contributed by atoms with Crippen LogP contribution in [0.25, 0.3) is 0 Å². The highest BCUT2D eigenvalue weighted by molar-refractivity contribution is 7.89. The molecule has 6 nitrogen and oxygen atoms in total. The number of rotatable bonds is 5. The van der Waals surface area contributed by atoms with Gasteiger partial charge in [-0.2, -0.15) is 4.31 Å². The fourth-order valence-corrected chi connectivity index (χ4v) is 4.86. The molecular formula is C16H23ClN2O4S. The van der Waals surface area contributed by atoms with Crippen LogP contribution in [-0.2, 0) is 14.8 Å². The van der Waals surface area contributed by atoms with E-state index in [9.17, 15) is 13.2 Å². The first kappa shape index (κ1) is 19.0. The fourth-order valence-electron chi connectivity index (χ4n) is 2.84. The minimum atomic E-state index is -3.73. The summed E-state index contributed by atoms with van der Waals surface area (Å²) in [4.78, 5) is 13.7. The molecule has 0 saturated carbocycles. The van der Waals surface area contributed by atoms with E-state index in [4.69, 9.17) is 16.3 Å². The monoisotopic (exact) mass is 374 g/mol. The van der Waals surface area contributed by atoms with Gasteiger partial charge in [0, 0.05) is 37.6 Å². The number of hydrogen-bond donors (Lipinski definition) is 0. The third-order valence-electron chi connectivity index (χ3n) is 4.08. The topological polar surface area (TPSA) is 66.9 Å². The molecular weight excluding hydrogens is 352 g/mol. The summed E-state index contributed by atoms with van der Waals surface area (Å²) in [6, 6.07) is 3.08. The summed E-state index contributed by atoms with van der Waals surface area (Å²) >= 11 is 6.03. The number of nitrogens with zero attached hydrogens (tertiary/aromatic N) is 2. The van der Waals surface area contributed by atoms with Crippen molar-refractivity contribution in [2.75, 3.05) is 33.3 Å². The number of sulfonamides is 1. The zero-order valence-corrected chi connectivity index (χ0v) is 15.8. The van der Waals surface area contributed by atoms with Crippen LogP contribution in [-0.4, -0.2) is 56.8 Å². The van der Waals surface area contributed by atoms with Crippen LogP contribution in [0.15, 0.2) is 17.0 Å². The van der Waals surface area contributed by atoms with Gasteiger partial charge >= 0.3 is 0 Å². The molecule has 0 bridgehead atoms. The second-order valence-electron chi connectivity index (χ2n) is 5.79. The Hall–Kier alpha value is -1.31. The van der Waals surface area contributed by atoms with E-state index in [1.54, 1.807) is 17.9 Å². The Bertz CT molecular complexity index is 713. The Kier molecular flexibility index (Phi) is 6.11. The minimum Gasteiger partial charge on any atom is -0.495 e. The highest BCUT2D eigenvalue weighted by atomic mass is 35.5. The van der Waals surface area contributed by atoms with Gasteiger partial charge in [0.15, 0.2) is 0 Å². The number of carbonyl (C=O) groups excluding carboxylic acids is 1. The molecule has 0 radical (unpaired) electrons. The van der Waals surface area contributed by atoms with Gasteiger partial charge in [-0.1, -0.05) is 18.5 Å². The Morgan fingerprint density at radius 2 is 1.88 bits per heavy atom. The summed E-state index contributed by atoms with van der Waals surface area (Å²) < 4.78 is 32.6. The molecule has 0 aromatic heterocycles. The molecule has 1 aliphatic rings. The van der Waals surface area contributed by atoms with E-state index in [-0.39, 0.29) is 23.9 Å². The van der Waals surface area contributed by atoms with E-state index in [0.29, 0.717) is 35.8 Å². The molecule has 1 heterocycles. The van der Waals surface area contributed by atoms with Crippen molar-refractivity contribution in [2.24, 2.45) is 0 Å². The number of ether oxygens (including phenoxy) is 1. The minimum absolute atomic E-state index is 0.0725. The highest BCUT2D eigenvalue weighted by Crippen LogP contribution is 2.33. The summed E-state index contributed by atoms with van der Waals surface area (Å²) in [5, 5.41) is 0.351. The van der Waals surface area contributed by atoms with E-state index < -0.39 is 10.0 Å². The van der Waals surface area contributed by atoms with Crippen molar-refractivity contribution < 1.29 is 17.9 Å². The maximum absolute atomic E-state index is 13.0. The van der Waals surface area contributed by atoms with Gasteiger partial charge in [0.2, 0.25) is 15.9 Å². The SMILES string of the molecule is CCCC(=O)N1CCN(S(=O)(=O)c2cc(Cl)cc(C)c2OC)CC1. The number of carbonyl (C=O) groups is 1. The first-order valence-electron chi connectivity index (χ1n) is 7.93. The number of methoxy groups -OCH3 is 1. The van der Waals surface area contributed by atoms with Crippen molar-refractivity contribution in [3.05, 3.63) is 22.7 Å². The lowest BCUT2D eigenvalue weighted by molar-refractivity contribution is -0.132. The van der Waals surface area contributed by atoms with Gasteiger partial charge in [-0.3, -0.25) is 4.79 Å². The third-order valence-corrected chi connectivity index (χ3v) is 6.20. The highest BCUT2D eigenvalue weighted by Gasteiger charge is 2.32. The van der Waals surface area contributed by atoms with Crippen LogP contribution in [0.4, 0.5) is 0 Å². The van der Waals surface area contributed by atoms with Crippen molar-refractivity contribution in [3.8, 4) is 5.75 Å². The average molecular weight is 375 g/mol. The molecule has 1 saturated heterocycles. The molecule has 1 amide bonds. The van der Waals surface area contributed by atoms with Gasteiger partial charge < -0.3 is 9.64 Å². The molecule has 0 N–H and O–H groups in total. The van der Waals surface area contributed by atoms with Crippen molar-refractivity contribution in [1.29, 1.82) is 0 Å². The van der Waals surface area contributed by atoms with Crippen LogP contribution in [0, 0.1) is 6.92 Å². The summed E-state index contributed by atoms with van der Waals surface area (Å²) in [6.07, 6.45) is 1.28. The molecule has 1 aromatic carbocycles. The third kappa shape index (κ3) is 3.84. The first-order chi connectivity index (χ1) is 11.3. The van der Waals surface area contributed by atoms with E-state index >= 15 is 0 Å². The van der Waals surface area contributed by atoms with Crippen LogP contribution in [0.5, 0.6) is 5.75 Å². The molecule has 2 rings (SSSR count). The number of aryl methyl sites for hydroxylation is 1. The van der Waals surface area contributed by atoms with Crippen molar-refractivity contribution in [1.82, 2.24) is 9.21 Å². The lowest BCUT2D eigenvalue weighted by Crippen LogP contribution is -2.50. The Morgan fingerprint density at radius 3 is 2.42 bits per heavy atom. The maximum Gasteiger partial charge on any atom is 0.246 e. The Labute approximate surface area is 148 Å². The molecule has 1 aliphatic heterocycles. The van der Waals surface area contributed by atoms with Crippen LogP contribution >= 0.6 is 11.6 Å². The van der Waals surface area contributed by atoms with E-state index in [1.807, 2.05) is 6.92 Å². The van der Waals surface area contributed by atoms with Gasteiger partial charge in [-0.15, -0.1) is 0 Å². The first-order valence-corrected chi connectivity index (χ1v) is 9.75. The molecule has 1 fully saturated rings. The van der Waals surface area contributed by atoms with Gasteiger partial charge in [0.05, 0.1) is 7.11 Å². The summed E-state index contributed by atoms with van der Waals surface area (Å²) in [5.41, 5.74) is 0.667. The van der Waals surface area contributed by atoms with Gasteiger partial charge in [0.1, 0.15) is 10.6 Å². The van der Waals surface area contributed by atoms with Crippen molar-refractivity contribution in [3.63, 3.8) is 0 Å². The van der Waals surface area contributed by atoms with Crippen LogP contribution in [0.3, 0.4) is 0 Å². The molecule has 0 spiro atoms. The number of piperazine rings is 1. The zero-order valence-electron chi connectivity index (χ0n) is 14.2. The molecule has 8 heteroatoms. The second kappa shape index (κ2) is 7.72. The lowest BCUT2D eigenvalue weighted by atomic mass is 10.2. The number of amides is 1. The predicted molar refractivity (Wildman–Crippen MR) is 93.0 cm³/mol. The number of halogens is 1. The van der Waals surface area contributed by atoms with Crippen LogP contribution in [0.2, 0.25) is 5.02 Å². The lowest BCUT2D eigenvalue weighted by Gasteiger charge is -2.34. The van der Waals surface area contributed by atoms with Crippen LogP contribution in [0.1, 0.15) is 25.3 Å². The summed E-state index contributed by atoms with van der Waals surface area (Å²) in [5.74, 6) is 0.384. The fraction of sp³-hybridized carbons (Fsp3) is 0.562. The number of benzene rings is 1. The number of hydrogen-bond acceptors (Lipinski definition) is 4. The maximum atomic E-state index is 13.0. The van der Waals surface area contributed by atoms with E-state index in [0.717, 1.165) is 6.42 Å². The molecule has 1 aromatic rings. The van der Waals surface area contributed by atoms with E-state index in [1.165, 1.54) is 17.5 Å². The standard InChI is InChI=1S/C16H23ClN2O4S/c1-4-5-15(20)18-6-8-19(9-7-18)24(21,22)14-11-13(17)10-12(2)16(14)23-3/h10-11H,4-9H2,1-3H3. The Balaban J connectivity index is 2.23. The van der Waals surface area contributed by atoms with Crippen LogP contribution < -0.4 is 4.74 Å². The zero-order chi connectivity index (χ0) is 17.9. The largest absolute Gasteiger partial charge is 0.495 e. The quantitative estimate of drug-likeness (QED) is 0.793. The van der Waals surface area contributed by atoms with E-state index in [2.05, 4.69) is 0 Å². The van der Waals surface area contributed by atoms with Gasteiger partial charge in [-0.25, -0.2) is 8.42 Å².